The molecule has 1 saturated heterocycles. The van der Waals surface area contributed by atoms with Gasteiger partial charge in [0.15, 0.2) is 0 Å². The largest absolute Gasteiger partial charge is 0.382 e. The van der Waals surface area contributed by atoms with Crippen molar-refractivity contribution in [2.45, 2.75) is 12.5 Å². The van der Waals surface area contributed by atoms with Crippen molar-refractivity contribution in [1.82, 2.24) is 5.32 Å². The summed E-state index contributed by atoms with van der Waals surface area (Å²) in [6, 6.07) is 0. The number of nitrogens with one attached hydrogen (secondary N) is 1. The number of hydrogen-bond donors (Lipinski definition) is 1. The van der Waals surface area contributed by atoms with Gasteiger partial charge in [0.2, 0.25) is 0 Å². The van der Waals surface area contributed by atoms with E-state index < -0.39 is 0 Å². The lowest BCUT2D eigenvalue weighted by Crippen LogP contribution is -2.59. The van der Waals surface area contributed by atoms with Crippen molar-refractivity contribution < 1.29 is 14.2 Å². The zero-order chi connectivity index (χ0) is 9.57. The minimum atomic E-state index is 0.0462. The maximum Gasteiger partial charge on any atom is 0.0903 e. The van der Waals surface area contributed by atoms with Crippen LogP contribution in [-0.2, 0) is 14.2 Å². The molecule has 13 heavy (non-hydrogen) atoms. The summed E-state index contributed by atoms with van der Waals surface area (Å²) in [5.41, 5.74) is 0.0462. The molecule has 0 amide bonds. The van der Waals surface area contributed by atoms with Crippen LogP contribution in [0.1, 0.15) is 6.92 Å². The average molecular weight is 189 g/mol. The smallest absolute Gasteiger partial charge is 0.0903 e. The first-order valence-electron chi connectivity index (χ1n) is 4.68. The molecule has 0 bridgehead atoms. The van der Waals surface area contributed by atoms with Gasteiger partial charge in [0.1, 0.15) is 0 Å². The van der Waals surface area contributed by atoms with E-state index in [4.69, 9.17) is 14.2 Å². The predicted molar refractivity (Wildman–Crippen MR) is 49.9 cm³/mol. The summed E-state index contributed by atoms with van der Waals surface area (Å²) in [6.45, 7) is 6.63. The van der Waals surface area contributed by atoms with Crippen LogP contribution in [-0.4, -0.2) is 52.2 Å². The maximum absolute atomic E-state index is 5.62. The molecule has 0 aromatic carbocycles. The third kappa shape index (κ3) is 4.04. The molecule has 1 aliphatic rings. The van der Waals surface area contributed by atoms with Gasteiger partial charge in [0, 0.05) is 20.2 Å². The fourth-order valence-electron chi connectivity index (χ4n) is 1.17. The zero-order valence-corrected chi connectivity index (χ0v) is 8.47. The minimum absolute atomic E-state index is 0.0462. The van der Waals surface area contributed by atoms with Crippen LogP contribution in [0.3, 0.4) is 0 Å². The van der Waals surface area contributed by atoms with E-state index in [0.717, 1.165) is 13.1 Å². The normalized spacial score (nSPS) is 19.8. The number of methoxy groups -OCH3 is 1. The van der Waals surface area contributed by atoms with Gasteiger partial charge in [-0.3, -0.25) is 0 Å². The lowest BCUT2D eigenvalue weighted by atomic mass is 10.0. The minimum Gasteiger partial charge on any atom is -0.382 e. The fourth-order valence-corrected chi connectivity index (χ4v) is 1.17. The second-order valence-corrected chi connectivity index (χ2v) is 3.51. The van der Waals surface area contributed by atoms with Crippen LogP contribution >= 0.6 is 0 Å². The van der Waals surface area contributed by atoms with Crippen LogP contribution in [0.4, 0.5) is 0 Å². The van der Waals surface area contributed by atoms with Crippen LogP contribution in [0, 0.1) is 0 Å². The molecular weight excluding hydrogens is 170 g/mol. The monoisotopic (exact) mass is 189 g/mol. The van der Waals surface area contributed by atoms with E-state index in [9.17, 15) is 0 Å². The summed E-state index contributed by atoms with van der Waals surface area (Å²) in [5.74, 6) is 0. The van der Waals surface area contributed by atoms with E-state index >= 15 is 0 Å². The van der Waals surface area contributed by atoms with Crippen molar-refractivity contribution in [3.63, 3.8) is 0 Å². The molecule has 1 heterocycles. The molecule has 0 aromatic rings. The van der Waals surface area contributed by atoms with Gasteiger partial charge in [-0.15, -0.1) is 0 Å². The Balaban J connectivity index is 1.83. The fraction of sp³-hybridized carbons (Fsp3) is 1.00. The van der Waals surface area contributed by atoms with Gasteiger partial charge in [-0.05, 0) is 6.92 Å². The van der Waals surface area contributed by atoms with Gasteiger partial charge in [-0.25, -0.2) is 0 Å². The third-order valence-electron chi connectivity index (χ3n) is 2.11. The van der Waals surface area contributed by atoms with Crippen LogP contribution in [0.15, 0.2) is 0 Å². The molecule has 0 unspecified atom stereocenters. The first-order chi connectivity index (χ1) is 6.27. The molecule has 1 aliphatic heterocycles. The molecule has 78 valence electrons. The Labute approximate surface area is 79.5 Å². The highest BCUT2D eigenvalue weighted by atomic mass is 16.5. The van der Waals surface area contributed by atoms with E-state index in [0.29, 0.717) is 26.4 Å². The molecule has 0 radical (unpaired) electrons. The molecule has 0 atom stereocenters. The summed E-state index contributed by atoms with van der Waals surface area (Å²) in [5, 5.41) is 3.18. The highest BCUT2D eigenvalue weighted by Gasteiger charge is 2.31. The Morgan fingerprint density at radius 1 is 1.15 bits per heavy atom. The summed E-state index contributed by atoms with van der Waals surface area (Å²) in [7, 11) is 1.67. The number of hydrogen-bond acceptors (Lipinski definition) is 4. The van der Waals surface area contributed by atoms with Crippen molar-refractivity contribution in [1.29, 1.82) is 0 Å². The third-order valence-corrected chi connectivity index (χ3v) is 2.11. The van der Waals surface area contributed by atoms with E-state index in [2.05, 4.69) is 12.2 Å². The molecule has 0 saturated carbocycles. The molecule has 0 spiro atoms. The van der Waals surface area contributed by atoms with Crippen molar-refractivity contribution >= 4 is 0 Å². The SMILES string of the molecule is COCCOCCOC1(C)CNC1. The van der Waals surface area contributed by atoms with Crippen LogP contribution in [0.25, 0.3) is 0 Å². The van der Waals surface area contributed by atoms with E-state index in [-0.39, 0.29) is 5.60 Å². The number of ether oxygens (including phenoxy) is 3. The molecule has 0 aromatic heterocycles. The Bertz CT molecular complexity index is 137. The van der Waals surface area contributed by atoms with Gasteiger partial charge in [0.05, 0.1) is 32.0 Å². The summed E-state index contributed by atoms with van der Waals surface area (Å²) < 4.78 is 15.7. The lowest BCUT2D eigenvalue weighted by molar-refractivity contribution is -0.0868. The summed E-state index contributed by atoms with van der Waals surface area (Å²) in [4.78, 5) is 0. The maximum atomic E-state index is 5.62. The topological polar surface area (TPSA) is 39.7 Å². The second kappa shape index (κ2) is 5.54. The highest BCUT2D eigenvalue weighted by molar-refractivity contribution is 4.89. The van der Waals surface area contributed by atoms with E-state index in [1.165, 1.54) is 0 Å². The molecule has 4 heteroatoms. The molecule has 0 aliphatic carbocycles. The molecule has 1 fully saturated rings. The molecule has 1 rings (SSSR count). The Hall–Kier alpha value is -0.160. The van der Waals surface area contributed by atoms with Crippen LogP contribution < -0.4 is 5.32 Å². The first kappa shape index (κ1) is 10.9. The predicted octanol–water partition coefficient (Wildman–Crippen LogP) is 0.0279. The molecule has 4 nitrogen and oxygen atoms in total. The number of rotatable bonds is 7. The second-order valence-electron chi connectivity index (χ2n) is 3.51. The van der Waals surface area contributed by atoms with Crippen molar-refractivity contribution in [3.8, 4) is 0 Å². The van der Waals surface area contributed by atoms with Gasteiger partial charge in [-0.2, -0.15) is 0 Å². The first-order valence-corrected chi connectivity index (χ1v) is 4.68. The van der Waals surface area contributed by atoms with Gasteiger partial charge >= 0.3 is 0 Å². The summed E-state index contributed by atoms with van der Waals surface area (Å²) in [6.07, 6.45) is 0. The van der Waals surface area contributed by atoms with E-state index in [1.54, 1.807) is 7.11 Å². The Kier molecular flexibility index (Phi) is 4.66. The average Bonchev–Trinajstić information content (AvgIpc) is 2.08. The Morgan fingerprint density at radius 2 is 1.85 bits per heavy atom. The quantitative estimate of drug-likeness (QED) is 0.573. The zero-order valence-electron chi connectivity index (χ0n) is 8.47. The van der Waals surface area contributed by atoms with Crippen molar-refractivity contribution in [2.24, 2.45) is 0 Å². The molecular formula is C9H19NO3. The standard InChI is InChI=1S/C9H19NO3/c1-9(7-10-8-9)13-6-5-12-4-3-11-2/h10H,3-8H2,1-2H3. The van der Waals surface area contributed by atoms with E-state index in [1.807, 2.05) is 0 Å². The lowest BCUT2D eigenvalue weighted by Gasteiger charge is -2.39. The van der Waals surface area contributed by atoms with Crippen molar-refractivity contribution in [3.05, 3.63) is 0 Å². The van der Waals surface area contributed by atoms with Gasteiger partial charge < -0.3 is 19.5 Å². The van der Waals surface area contributed by atoms with Crippen LogP contribution in [0.5, 0.6) is 0 Å². The Morgan fingerprint density at radius 3 is 2.38 bits per heavy atom. The molecule has 1 N–H and O–H groups in total. The summed E-state index contributed by atoms with van der Waals surface area (Å²) >= 11 is 0. The van der Waals surface area contributed by atoms with Gasteiger partial charge in [-0.1, -0.05) is 0 Å². The van der Waals surface area contributed by atoms with Crippen molar-refractivity contribution in [2.75, 3.05) is 46.6 Å². The highest BCUT2D eigenvalue weighted by Crippen LogP contribution is 2.14. The van der Waals surface area contributed by atoms with Crippen LogP contribution in [0.2, 0.25) is 0 Å². The van der Waals surface area contributed by atoms with Gasteiger partial charge in [0.25, 0.3) is 0 Å².